The maximum absolute atomic E-state index is 13.5. The van der Waals surface area contributed by atoms with Gasteiger partial charge >= 0.3 is 11.9 Å². The highest BCUT2D eigenvalue weighted by atomic mass is 79.9. The highest BCUT2D eigenvalue weighted by Crippen LogP contribution is 2.52. The second-order valence-electron chi connectivity index (χ2n) is 6.38. The molecule has 1 aromatic rings. The Morgan fingerprint density at radius 2 is 1.79 bits per heavy atom. The van der Waals surface area contributed by atoms with Crippen molar-refractivity contribution in [1.29, 1.82) is 0 Å². The third-order valence-electron chi connectivity index (χ3n) is 4.79. The summed E-state index contributed by atoms with van der Waals surface area (Å²) >= 11 is 4.98. The zero-order valence-corrected chi connectivity index (χ0v) is 18.7. The molecule has 2 heterocycles. The van der Waals surface area contributed by atoms with Gasteiger partial charge in [0.15, 0.2) is 20.3 Å². The van der Waals surface area contributed by atoms with Crippen molar-refractivity contribution in [3.63, 3.8) is 0 Å². The standard InChI is InChI=1S/C19H21BrO6S2/c1-3-25-18(21)16-12-9-10-27-15(12)14(11-7-5-6-8-13(11)20)17(28(16,23)24)19(22)26-4-2/h5-8,14,16-17H,3-4,9-10H2,1-2H3/t14-,16-,17-/m1/s1. The van der Waals surface area contributed by atoms with E-state index in [4.69, 9.17) is 9.47 Å². The van der Waals surface area contributed by atoms with Crippen molar-refractivity contribution >= 4 is 49.5 Å². The predicted octanol–water partition coefficient (Wildman–Crippen LogP) is 3.22. The predicted molar refractivity (Wildman–Crippen MR) is 111 cm³/mol. The fourth-order valence-electron chi connectivity index (χ4n) is 3.73. The molecule has 0 aromatic heterocycles. The molecule has 0 spiro atoms. The van der Waals surface area contributed by atoms with Crippen LogP contribution >= 0.6 is 27.7 Å². The molecule has 6 nitrogen and oxygen atoms in total. The van der Waals surface area contributed by atoms with Gasteiger partial charge in [0.1, 0.15) is 0 Å². The molecule has 2 aliphatic rings. The summed E-state index contributed by atoms with van der Waals surface area (Å²) in [6.45, 7) is 3.37. The molecule has 0 saturated heterocycles. The lowest BCUT2D eigenvalue weighted by Gasteiger charge is -2.35. The average Bonchev–Trinajstić information content (AvgIpc) is 3.09. The zero-order chi connectivity index (χ0) is 20.5. The summed E-state index contributed by atoms with van der Waals surface area (Å²) in [4.78, 5) is 26.2. The van der Waals surface area contributed by atoms with Crippen LogP contribution in [0.3, 0.4) is 0 Å². The average molecular weight is 489 g/mol. The quantitative estimate of drug-likeness (QED) is 0.587. The van der Waals surface area contributed by atoms with Crippen molar-refractivity contribution in [1.82, 2.24) is 0 Å². The number of allylic oxidation sites excluding steroid dienone is 1. The fourth-order valence-corrected chi connectivity index (χ4v) is 8.08. The molecule has 1 aromatic carbocycles. The van der Waals surface area contributed by atoms with Gasteiger partial charge in [0.2, 0.25) is 0 Å². The van der Waals surface area contributed by atoms with Gasteiger partial charge in [0.25, 0.3) is 0 Å². The van der Waals surface area contributed by atoms with Crippen LogP contribution in [0.2, 0.25) is 0 Å². The number of rotatable bonds is 5. The molecule has 0 amide bonds. The van der Waals surface area contributed by atoms with Crippen LogP contribution in [0.1, 0.15) is 31.7 Å². The number of halogens is 1. The van der Waals surface area contributed by atoms with E-state index in [1.165, 1.54) is 11.8 Å². The van der Waals surface area contributed by atoms with E-state index in [0.29, 0.717) is 27.8 Å². The highest BCUT2D eigenvalue weighted by molar-refractivity contribution is 9.10. The second kappa shape index (κ2) is 8.59. The van der Waals surface area contributed by atoms with E-state index in [0.717, 1.165) is 4.91 Å². The molecule has 0 aliphatic carbocycles. The van der Waals surface area contributed by atoms with E-state index >= 15 is 0 Å². The molecule has 0 saturated carbocycles. The van der Waals surface area contributed by atoms with Crippen molar-refractivity contribution in [2.24, 2.45) is 0 Å². The number of sulfone groups is 1. The number of hydrogen-bond acceptors (Lipinski definition) is 7. The summed E-state index contributed by atoms with van der Waals surface area (Å²) in [5.74, 6) is -1.71. The van der Waals surface area contributed by atoms with E-state index < -0.39 is 38.2 Å². The van der Waals surface area contributed by atoms with Crippen LogP contribution in [-0.2, 0) is 28.9 Å². The van der Waals surface area contributed by atoms with Crippen LogP contribution in [0.4, 0.5) is 0 Å². The Balaban J connectivity index is 2.26. The summed E-state index contributed by atoms with van der Waals surface area (Å²) < 4.78 is 37.9. The first-order valence-electron chi connectivity index (χ1n) is 9.00. The van der Waals surface area contributed by atoms with Crippen LogP contribution in [0.15, 0.2) is 39.2 Å². The SMILES string of the molecule is CCOC(=O)[C@H]1C2=C(SCC2)[C@@H](c2ccccc2Br)[C@H](C(=O)OCC)S1(=O)=O. The number of esters is 2. The Morgan fingerprint density at radius 3 is 2.43 bits per heavy atom. The van der Waals surface area contributed by atoms with E-state index in [1.54, 1.807) is 32.0 Å². The number of benzene rings is 1. The van der Waals surface area contributed by atoms with Crippen LogP contribution in [0, 0.1) is 0 Å². The number of carbonyl (C=O) groups is 2. The lowest BCUT2D eigenvalue weighted by molar-refractivity contribution is -0.142. The largest absolute Gasteiger partial charge is 0.465 e. The molecule has 3 rings (SSSR count). The third kappa shape index (κ3) is 3.64. The number of thioether (sulfide) groups is 1. The summed E-state index contributed by atoms with van der Waals surface area (Å²) in [5.41, 5.74) is 1.23. The van der Waals surface area contributed by atoms with Crippen molar-refractivity contribution in [3.8, 4) is 0 Å². The van der Waals surface area contributed by atoms with Gasteiger partial charge < -0.3 is 9.47 Å². The van der Waals surface area contributed by atoms with Crippen molar-refractivity contribution < 1.29 is 27.5 Å². The fraction of sp³-hybridized carbons (Fsp3) is 0.474. The van der Waals surface area contributed by atoms with Gasteiger partial charge in [-0.1, -0.05) is 34.1 Å². The van der Waals surface area contributed by atoms with Crippen molar-refractivity contribution in [2.75, 3.05) is 19.0 Å². The Hall–Kier alpha value is -1.32. The molecule has 0 unspecified atom stereocenters. The lowest BCUT2D eigenvalue weighted by atomic mass is 9.90. The van der Waals surface area contributed by atoms with E-state index in [-0.39, 0.29) is 13.2 Å². The van der Waals surface area contributed by atoms with Gasteiger partial charge in [0, 0.05) is 16.1 Å². The molecular formula is C19H21BrO6S2. The van der Waals surface area contributed by atoms with Crippen LogP contribution in [0.25, 0.3) is 0 Å². The molecule has 0 fully saturated rings. The second-order valence-corrected chi connectivity index (χ2v) is 10.5. The molecule has 0 radical (unpaired) electrons. The topological polar surface area (TPSA) is 86.7 Å². The molecule has 0 N–H and O–H groups in total. The van der Waals surface area contributed by atoms with Gasteiger partial charge in [-0.3, -0.25) is 9.59 Å². The molecule has 28 heavy (non-hydrogen) atoms. The van der Waals surface area contributed by atoms with Gasteiger partial charge in [-0.05, 0) is 42.4 Å². The van der Waals surface area contributed by atoms with Crippen LogP contribution in [0.5, 0.6) is 0 Å². The minimum atomic E-state index is -4.22. The molecule has 9 heteroatoms. The lowest BCUT2D eigenvalue weighted by Crippen LogP contribution is -2.50. The Kier molecular flexibility index (Phi) is 6.56. The number of carbonyl (C=O) groups excluding carboxylic acids is 2. The summed E-state index contributed by atoms with van der Waals surface area (Å²) in [5, 5.41) is -2.95. The van der Waals surface area contributed by atoms with E-state index in [2.05, 4.69) is 15.9 Å². The summed E-state index contributed by atoms with van der Waals surface area (Å²) in [6, 6.07) is 7.22. The summed E-state index contributed by atoms with van der Waals surface area (Å²) in [7, 11) is -4.22. The normalized spacial score (nSPS) is 25.9. The Morgan fingerprint density at radius 1 is 1.14 bits per heavy atom. The molecular weight excluding hydrogens is 468 g/mol. The molecule has 3 atom stereocenters. The van der Waals surface area contributed by atoms with E-state index in [1.807, 2.05) is 6.07 Å². The van der Waals surface area contributed by atoms with Gasteiger partial charge in [-0.25, -0.2) is 8.42 Å². The minimum absolute atomic E-state index is 0.0522. The zero-order valence-electron chi connectivity index (χ0n) is 15.5. The maximum Gasteiger partial charge on any atom is 0.328 e. The first-order valence-corrected chi connectivity index (χ1v) is 12.4. The highest BCUT2D eigenvalue weighted by Gasteiger charge is 2.57. The Bertz CT molecular complexity index is 924. The van der Waals surface area contributed by atoms with E-state index in [9.17, 15) is 18.0 Å². The third-order valence-corrected chi connectivity index (χ3v) is 9.05. The van der Waals surface area contributed by atoms with Crippen molar-refractivity contribution in [3.05, 3.63) is 44.8 Å². The van der Waals surface area contributed by atoms with Gasteiger partial charge in [0.05, 0.1) is 13.2 Å². The Labute approximate surface area is 177 Å². The molecule has 0 bridgehead atoms. The van der Waals surface area contributed by atoms with Crippen LogP contribution in [-0.4, -0.2) is 49.8 Å². The number of hydrogen-bond donors (Lipinski definition) is 0. The maximum atomic E-state index is 13.5. The minimum Gasteiger partial charge on any atom is -0.465 e. The smallest absolute Gasteiger partial charge is 0.328 e. The van der Waals surface area contributed by atoms with Crippen LogP contribution < -0.4 is 0 Å². The molecule has 152 valence electrons. The molecule has 2 aliphatic heterocycles. The summed E-state index contributed by atoms with van der Waals surface area (Å²) in [6.07, 6.45) is 0.471. The first kappa shape index (κ1) is 21.4. The van der Waals surface area contributed by atoms with Gasteiger partial charge in [-0.15, -0.1) is 11.8 Å². The monoisotopic (exact) mass is 488 g/mol. The van der Waals surface area contributed by atoms with Crippen molar-refractivity contribution in [2.45, 2.75) is 36.7 Å². The first-order chi connectivity index (χ1) is 13.3. The van der Waals surface area contributed by atoms with Gasteiger partial charge in [-0.2, -0.15) is 0 Å². The number of ether oxygens (including phenoxy) is 2.